The number of carbonyl (C=O) groups excluding carboxylic acids is 2. The van der Waals surface area contributed by atoms with Crippen molar-refractivity contribution in [2.24, 2.45) is 0 Å². The zero-order valence-corrected chi connectivity index (χ0v) is 15.5. The Balaban J connectivity index is 1.79. The molecule has 1 fully saturated rings. The SMILES string of the molecule is O=C(Nc1ccnc(OCC(F)(F)F)c1)C(c1ccccc1)N1CCCCC1=O. The number of nitrogens with one attached hydrogen (secondary N) is 1. The van der Waals surface area contributed by atoms with E-state index in [2.05, 4.69) is 15.0 Å². The average Bonchev–Trinajstić information content (AvgIpc) is 2.69. The third-order valence-electron chi connectivity index (χ3n) is 4.42. The fourth-order valence-electron chi connectivity index (χ4n) is 3.14. The highest BCUT2D eigenvalue weighted by atomic mass is 19.4. The highest BCUT2D eigenvalue weighted by Crippen LogP contribution is 2.27. The molecule has 0 saturated carbocycles. The van der Waals surface area contributed by atoms with Crippen LogP contribution in [0.15, 0.2) is 48.7 Å². The summed E-state index contributed by atoms with van der Waals surface area (Å²) >= 11 is 0. The average molecular weight is 407 g/mol. The van der Waals surface area contributed by atoms with Crippen LogP contribution < -0.4 is 10.1 Å². The number of hydrogen-bond donors (Lipinski definition) is 1. The number of benzene rings is 1. The molecule has 0 radical (unpaired) electrons. The number of aromatic nitrogens is 1. The minimum atomic E-state index is -4.49. The zero-order chi connectivity index (χ0) is 20.9. The molecule has 1 aliphatic rings. The van der Waals surface area contributed by atoms with E-state index in [0.717, 1.165) is 12.8 Å². The lowest BCUT2D eigenvalue weighted by atomic mass is 10.0. The minimum absolute atomic E-state index is 0.107. The topological polar surface area (TPSA) is 71.5 Å². The predicted octanol–water partition coefficient (Wildman–Crippen LogP) is 3.72. The standard InChI is InChI=1S/C20H20F3N3O3/c21-20(22,23)13-29-16-12-15(9-10-24-16)25-19(28)18(14-6-2-1-3-7-14)26-11-5-4-8-17(26)27/h1-3,6-7,9-10,12,18H,4-5,8,11,13H2,(H,24,25,28). The molecule has 1 aromatic heterocycles. The molecular formula is C20H20F3N3O3. The number of hydrogen-bond acceptors (Lipinski definition) is 4. The van der Waals surface area contributed by atoms with Gasteiger partial charge in [-0.15, -0.1) is 0 Å². The van der Waals surface area contributed by atoms with Crippen molar-refractivity contribution in [3.05, 3.63) is 54.2 Å². The normalized spacial score (nSPS) is 15.7. The van der Waals surface area contributed by atoms with Crippen molar-refractivity contribution >= 4 is 17.5 Å². The van der Waals surface area contributed by atoms with Gasteiger partial charge in [-0.05, 0) is 24.5 Å². The van der Waals surface area contributed by atoms with Gasteiger partial charge in [-0.25, -0.2) is 4.98 Å². The number of anilines is 1. The molecule has 6 nitrogen and oxygen atoms in total. The van der Waals surface area contributed by atoms with Crippen LogP contribution in [0.4, 0.5) is 18.9 Å². The summed E-state index contributed by atoms with van der Waals surface area (Å²) in [5.41, 5.74) is 0.885. The van der Waals surface area contributed by atoms with Crippen molar-refractivity contribution in [1.82, 2.24) is 9.88 Å². The molecule has 2 aromatic rings. The summed E-state index contributed by atoms with van der Waals surface area (Å²) in [4.78, 5) is 30.7. The minimum Gasteiger partial charge on any atom is -0.468 e. The molecule has 154 valence electrons. The number of ether oxygens (including phenoxy) is 1. The van der Waals surface area contributed by atoms with Crippen LogP contribution in [0.5, 0.6) is 5.88 Å². The van der Waals surface area contributed by atoms with Gasteiger partial charge < -0.3 is 15.0 Å². The van der Waals surface area contributed by atoms with Crippen LogP contribution in [0.1, 0.15) is 30.9 Å². The first-order valence-corrected chi connectivity index (χ1v) is 9.14. The van der Waals surface area contributed by atoms with Gasteiger partial charge in [0, 0.05) is 30.9 Å². The molecule has 1 saturated heterocycles. The van der Waals surface area contributed by atoms with Crippen molar-refractivity contribution in [2.45, 2.75) is 31.5 Å². The van der Waals surface area contributed by atoms with Crippen molar-refractivity contribution in [1.29, 1.82) is 0 Å². The van der Waals surface area contributed by atoms with Crippen LogP contribution in [0.3, 0.4) is 0 Å². The second kappa shape index (κ2) is 8.93. The van der Waals surface area contributed by atoms with Gasteiger partial charge >= 0.3 is 6.18 Å². The molecule has 2 amide bonds. The van der Waals surface area contributed by atoms with Crippen LogP contribution in [-0.2, 0) is 9.59 Å². The van der Waals surface area contributed by atoms with Crippen molar-refractivity contribution in [3.63, 3.8) is 0 Å². The molecule has 1 unspecified atom stereocenters. The Labute approximate surface area is 165 Å². The largest absolute Gasteiger partial charge is 0.468 e. The van der Waals surface area contributed by atoms with Crippen LogP contribution in [0.25, 0.3) is 0 Å². The molecule has 0 spiro atoms. The third kappa shape index (κ3) is 5.69. The van der Waals surface area contributed by atoms with Gasteiger partial charge in [-0.1, -0.05) is 30.3 Å². The first-order chi connectivity index (χ1) is 13.8. The molecule has 1 atom stereocenters. The molecular weight excluding hydrogens is 387 g/mol. The lowest BCUT2D eigenvalue weighted by Gasteiger charge is -2.34. The van der Waals surface area contributed by atoms with Gasteiger partial charge in [0.05, 0.1) is 0 Å². The summed E-state index contributed by atoms with van der Waals surface area (Å²) in [6.07, 6.45) is -1.30. The summed E-state index contributed by atoms with van der Waals surface area (Å²) in [5.74, 6) is -0.825. The predicted molar refractivity (Wildman–Crippen MR) is 99.2 cm³/mol. The lowest BCUT2D eigenvalue weighted by Crippen LogP contribution is -2.43. The Morgan fingerprint density at radius 1 is 1.21 bits per heavy atom. The Morgan fingerprint density at radius 3 is 2.66 bits per heavy atom. The van der Waals surface area contributed by atoms with Gasteiger partial charge in [0.15, 0.2) is 6.61 Å². The summed E-state index contributed by atoms with van der Waals surface area (Å²) in [7, 11) is 0. The van der Waals surface area contributed by atoms with Crippen molar-refractivity contribution in [3.8, 4) is 5.88 Å². The summed E-state index contributed by atoms with van der Waals surface area (Å²) in [5, 5.41) is 2.66. The summed E-state index contributed by atoms with van der Waals surface area (Å²) in [6.45, 7) is -1.02. The second-order valence-electron chi connectivity index (χ2n) is 6.63. The highest BCUT2D eigenvalue weighted by Gasteiger charge is 2.33. The number of carbonyl (C=O) groups is 2. The van der Waals surface area contributed by atoms with Gasteiger partial charge in [-0.2, -0.15) is 13.2 Å². The lowest BCUT2D eigenvalue weighted by molar-refractivity contribution is -0.154. The third-order valence-corrected chi connectivity index (χ3v) is 4.42. The number of rotatable bonds is 6. The van der Waals surface area contributed by atoms with Crippen LogP contribution >= 0.6 is 0 Å². The molecule has 2 heterocycles. The number of alkyl halides is 3. The van der Waals surface area contributed by atoms with Gasteiger partial charge in [-0.3, -0.25) is 9.59 Å². The fraction of sp³-hybridized carbons (Fsp3) is 0.350. The zero-order valence-electron chi connectivity index (χ0n) is 15.5. The van der Waals surface area contributed by atoms with E-state index >= 15 is 0 Å². The first kappa shape index (κ1) is 20.6. The number of halogens is 3. The van der Waals surface area contributed by atoms with Crippen LogP contribution in [0, 0.1) is 0 Å². The Morgan fingerprint density at radius 2 is 1.97 bits per heavy atom. The maximum Gasteiger partial charge on any atom is 0.422 e. The number of likely N-dealkylation sites (tertiary alicyclic amines) is 1. The Hall–Kier alpha value is -3.10. The van der Waals surface area contributed by atoms with E-state index < -0.39 is 24.7 Å². The number of amides is 2. The number of pyridine rings is 1. The summed E-state index contributed by atoms with van der Waals surface area (Å²) < 4.78 is 41.6. The van der Waals surface area contributed by atoms with Gasteiger partial charge in [0.25, 0.3) is 5.91 Å². The maximum atomic E-state index is 13.0. The summed E-state index contributed by atoms with van der Waals surface area (Å²) in [6, 6.07) is 10.7. The molecule has 0 bridgehead atoms. The van der Waals surface area contributed by atoms with Gasteiger partial charge in [0.2, 0.25) is 11.8 Å². The number of nitrogens with zero attached hydrogens (tertiary/aromatic N) is 2. The Kier molecular flexibility index (Phi) is 6.36. The van der Waals surface area contributed by atoms with E-state index in [1.54, 1.807) is 24.3 Å². The molecule has 1 aliphatic heterocycles. The molecule has 3 rings (SSSR count). The van der Waals surface area contributed by atoms with Crippen molar-refractivity contribution in [2.75, 3.05) is 18.5 Å². The van der Waals surface area contributed by atoms with Crippen LogP contribution in [0.2, 0.25) is 0 Å². The van der Waals surface area contributed by atoms with E-state index in [4.69, 9.17) is 0 Å². The maximum absolute atomic E-state index is 13.0. The Bertz CT molecular complexity index is 859. The monoisotopic (exact) mass is 407 g/mol. The van der Waals surface area contributed by atoms with E-state index in [1.165, 1.54) is 23.2 Å². The quantitative estimate of drug-likeness (QED) is 0.793. The van der Waals surface area contributed by atoms with Crippen LogP contribution in [-0.4, -0.2) is 41.0 Å². The molecule has 1 N–H and O–H groups in total. The smallest absolute Gasteiger partial charge is 0.422 e. The first-order valence-electron chi connectivity index (χ1n) is 9.14. The van der Waals surface area contributed by atoms with Gasteiger partial charge in [0.1, 0.15) is 6.04 Å². The van der Waals surface area contributed by atoms with E-state index in [0.29, 0.717) is 18.5 Å². The number of piperidine rings is 1. The molecule has 9 heteroatoms. The molecule has 29 heavy (non-hydrogen) atoms. The molecule has 1 aromatic carbocycles. The molecule has 0 aliphatic carbocycles. The van der Waals surface area contributed by atoms with Crippen molar-refractivity contribution < 1.29 is 27.5 Å². The van der Waals surface area contributed by atoms with E-state index in [9.17, 15) is 22.8 Å². The fourth-order valence-corrected chi connectivity index (χ4v) is 3.14. The van der Waals surface area contributed by atoms with E-state index in [1.807, 2.05) is 6.07 Å². The second-order valence-corrected chi connectivity index (χ2v) is 6.63. The van der Waals surface area contributed by atoms with E-state index in [-0.39, 0.29) is 17.5 Å². The highest BCUT2D eigenvalue weighted by molar-refractivity contribution is 5.98.